The summed E-state index contributed by atoms with van der Waals surface area (Å²) in [5.74, 6) is 5.70. The molecule has 0 unspecified atom stereocenters. The summed E-state index contributed by atoms with van der Waals surface area (Å²) in [4.78, 5) is 0. The molecule has 0 aromatic heterocycles. The van der Waals surface area contributed by atoms with Crippen molar-refractivity contribution in [1.82, 2.24) is 0 Å². The molecule has 3 fully saturated rings. The molecule has 1 heteroatoms. The summed E-state index contributed by atoms with van der Waals surface area (Å²) >= 11 is 0. The highest BCUT2D eigenvalue weighted by Gasteiger charge is 2.58. The summed E-state index contributed by atoms with van der Waals surface area (Å²) in [6.07, 6.45) is 19.1. The molecule has 0 aromatic carbocycles. The molecule has 0 heterocycles. The Morgan fingerprint density at radius 2 is 1.80 bits per heavy atom. The molecule has 4 aliphatic carbocycles. The van der Waals surface area contributed by atoms with E-state index < -0.39 is 0 Å². The van der Waals surface area contributed by atoms with Crippen molar-refractivity contribution < 1.29 is 5.11 Å². The lowest BCUT2D eigenvalue weighted by Gasteiger charge is -2.58. The fraction of sp³-hybridized carbons (Fsp3) is 0.862. The van der Waals surface area contributed by atoms with Crippen LogP contribution in [0.5, 0.6) is 0 Å². The van der Waals surface area contributed by atoms with Crippen LogP contribution in [0.1, 0.15) is 99.3 Å². The summed E-state index contributed by atoms with van der Waals surface area (Å²) in [5, 5.41) is 10.2. The van der Waals surface area contributed by atoms with E-state index in [0.29, 0.717) is 16.7 Å². The van der Waals surface area contributed by atoms with Gasteiger partial charge >= 0.3 is 0 Å². The van der Waals surface area contributed by atoms with Gasteiger partial charge in [0.05, 0.1) is 6.10 Å². The summed E-state index contributed by atoms with van der Waals surface area (Å²) in [6.45, 7) is 14.8. The van der Waals surface area contributed by atoms with E-state index in [4.69, 9.17) is 0 Å². The smallest absolute Gasteiger partial charge is 0.0577 e. The highest BCUT2D eigenvalue weighted by molar-refractivity contribution is 5.25. The monoisotopic (exact) mass is 412 g/mol. The fourth-order valence-corrected chi connectivity index (χ4v) is 8.83. The van der Waals surface area contributed by atoms with E-state index in [1.807, 2.05) is 0 Å². The van der Waals surface area contributed by atoms with Gasteiger partial charge < -0.3 is 5.11 Å². The molecule has 0 bridgehead atoms. The van der Waals surface area contributed by atoms with Gasteiger partial charge in [0, 0.05) is 0 Å². The molecule has 0 aliphatic heterocycles. The van der Waals surface area contributed by atoms with Gasteiger partial charge in [0.1, 0.15) is 0 Å². The van der Waals surface area contributed by atoms with Crippen molar-refractivity contribution in [3.63, 3.8) is 0 Å². The molecular formula is C29H48O. The lowest BCUT2D eigenvalue weighted by Crippen LogP contribution is -2.50. The van der Waals surface area contributed by atoms with Gasteiger partial charge in [-0.05, 0) is 110 Å². The van der Waals surface area contributed by atoms with Crippen molar-refractivity contribution in [2.75, 3.05) is 0 Å². The quantitative estimate of drug-likeness (QED) is 0.457. The first-order valence-corrected chi connectivity index (χ1v) is 13.3. The van der Waals surface area contributed by atoms with Crippen LogP contribution in [0.25, 0.3) is 0 Å². The second-order valence-electron chi connectivity index (χ2n) is 12.4. The molecule has 0 radical (unpaired) electrons. The van der Waals surface area contributed by atoms with Crippen molar-refractivity contribution in [3.8, 4) is 0 Å². The van der Waals surface area contributed by atoms with E-state index in [9.17, 15) is 5.11 Å². The van der Waals surface area contributed by atoms with E-state index in [2.05, 4.69) is 59.8 Å². The fourth-order valence-electron chi connectivity index (χ4n) is 8.83. The molecular weight excluding hydrogens is 364 g/mol. The van der Waals surface area contributed by atoms with E-state index in [1.165, 1.54) is 44.9 Å². The third kappa shape index (κ3) is 3.66. The van der Waals surface area contributed by atoms with Crippen LogP contribution in [0, 0.1) is 52.3 Å². The summed E-state index contributed by atoms with van der Waals surface area (Å²) < 4.78 is 0. The third-order valence-electron chi connectivity index (χ3n) is 10.8. The van der Waals surface area contributed by atoms with E-state index in [0.717, 1.165) is 48.3 Å². The number of allylic oxidation sites excluding steroid dienone is 3. The van der Waals surface area contributed by atoms with Crippen LogP contribution in [0.15, 0.2) is 23.8 Å². The number of aliphatic hydroxyl groups excluding tert-OH is 1. The molecule has 3 saturated carbocycles. The SMILES string of the molecule is CC[C@H](/C=C/[C@H](C)[C@@H]1CC[C@H]2[C@@H]3CC=C4C[C@@H](O)CC[C@]4(C)[C@@H]3CC[C@]21C)C(C)C. The Balaban J connectivity index is 1.52. The lowest BCUT2D eigenvalue weighted by atomic mass is 9.47. The minimum atomic E-state index is -0.0870. The zero-order chi connectivity index (χ0) is 21.7. The van der Waals surface area contributed by atoms with Gasteiger partial charge in [0.15, 0.2) is 0 Å². The Kier molecular flexibility index (Phi) is 6.35. The summed E-state index contributed by atoms with van der Waals surface area (Å²) in [5.41, 5.74) is 2.51. The first-order valence-electron chi connectivity index (χ1n) is 13.3. The highest BCUT2D eigenvalue weighted by Crippen LogP contribution is 2.67. The van der Waals surface area contributed by atoms with Gasteiger partial charge in [-0.25, -0.2) is 0 Å². The first kappa shape index (κ1) is 22.6. The van der Waals surface area contributed by atoms with Crippen molar-refractivity contribution in [2.45, 2.75) is 105 Å². The second-order valence-corrected chi connectivity index (χ2v) is 12.4. The first-order chi connectivity index (χ1) is 14.2. The van der Waals surface area contributed by atoms with Gasteiger partial charge in [-0.15, -0.1) is 0 Å². The van der Waals surface area contributed by atoms with Gasteiger partial charge in [0.25, 0.3) is 0 Å². The van der Waals surface area contributed by atoms with Gasteiger partial charge in [-0.3, -0.25) is 0 Å². The molecule has 4 rings (SSSR count). The number of fused-ring (bicyclic) bond motifs is 5. The minimum Gasteiger partial charge on any atom is -0.393 e. The average Bonchev–Trinajstić information content (AvgIpc) is 3.06. The average molecular weight is 413 g/mol. The largest absolute Gasteiger partial charge is 0.393 e. The molecule has 0 spiro atoms. The zero-order valence-electron chi connectivity index (χ0n) is 20.7. The molecule has 1 nitrogen and oxygen atoms in total. The lowest BCUT2D eigenvalue weighted by molar-refractivity contribution is -0.0540. The predicted molar refractivity (Wildman–Crippen MR) is 128 cm³/mol. The maximum atomic E-state index is 10.2. The molecule has 30 heavy (non-hydrogen) atoms. The second kappa shape index (κ2) is 8.42. The topological polar surface area (TPSA) is 20.2 Å². The van der Waals surface area contributed by atoms with Crippen LogP contribution < -0.4 is 0 Å². The Morgan fingerprint density at radius 1 is 1.03 bits per heavy atom. The Hall–Kier alpha value is -0.560. The van der Waals surface area contributed by atoms with E-state index in [1.54, 1.807) is 5.57 Å². The van der Waals surface area contributed by atoms with Crippen molar-refractivity contribution in [2.24, 2.45) is 52.3 Å². The van der Waals surface area contributed by atoms with Crippen molar-refractivity contribution in [1.29, 1.82) is 0 Å². The number of hydrogen-bond acceptors (Lipinski definition) is 1. The van der Waals surface area contributed by atoms with Crippen molar-refractivity contribution >= 4 is 0 Å². The Bertz CT molecular complexity index is 674. The predicted octanol–water partition coefficient (Wildman–Crippen LogP) is 7.80. The van der Waals surface area contributed by atoms with E-state index in [-0.39, 0.29) is 6.10 Å². The van der Waals surface area contributed by atoms with Crippen LogP contribution in [-0.4, -0.2) is 11.2 Å². The van der Waals surface area contributed by atoms with Gasteiger partial charge in [0.2, 0.25) is 0 Å². The number of rotatable bonds is 5. The number of aliphatic hydroxyl groups is 1. The van der Waals surface area contributed by atoms with Gasteiger partial charge in [-0.2, -0.15) is 0 Å². The standard InChI is InChI=1S/C29H48O/c1-7-21(19(2)3)9-8-20(4)25-12-13-26-24-11-10-22-18-23(30)14-16-28(22,5)27(24)15-17-29(25,26)6/h8-10,19-21,23-27,30H,7,11-18H2,1-6H3/b9-8+/t20-,21+,23-,24-,25-,26-,27+,28-,29-/m0/s1. The molecule has 0 saturated heterocycles. The molecule has 9 atom stereocenters. The molecule has 0 amide bonds. The van der Waals surface area contributed by atoms with Crippen LogP contribution in [0.4, 0.5) is 0 Å². The van der Waals surface area contributed by atoms with Crippen molar-refractivity contribution in [3.05, 3.63) is 23.8 Å². The van der Waals surface area contributed by atoms with Crippen LogP contribution in [-0.2, 0) is 0 Å². The van der Waals surface area contributed by atoms with Crippen LogP contribution in [0.3, 0.4) is 0 Å². The van der Waals surface area contributed by atoms with Gasteiger partial charge in [-0.1, -0.05) is 65.3 Å². The van der Waals surface area contributed by atoms with Crippen LogP contribution in [0.2, 0.25) is 0 Å². The third-order valence-corrected chi connectivity index (χ3v) is 10.8. The molecule has 4 aliphatic rings. The zero-order valence-corrected chi connectivity index (χ0v) is 20.7. The van der Waals surface area contributed by atoms with E-state index >= 15 is 0 Å². The molecule has 0 aromatic rings. The molecule has 1 N–H and O–H groups in total. The Morgan fingerprint density at radius 3 is 2.50 bits per heavy atom. The summed E-state index contributed by atoms with van der Waals surface area (Å²) in [6, 6.07) is 0. The van der Waals surface area contributed by atoms with Crippen LogP contribution >= 0.6 is 0 Å². The summed E-state index contributed by atoms with van der Waals surface area (Å²) in [7, 11) is 0. The normalized spacial score (nSPS) is 45.6. The maximum absolute atomic E-state index is 10.2. The highest BCUT2D eigenvalue weighted by atomic mass is 16.3. The minimum absolute atomic E-state index is 0.0870. The molecule has 170 valence electrons. The number of hydrogen-bond donors (Lipinski definition) is 1. The maximum Gasteiger partial charge on any atom is 0.0577 e. The Labute approximate surface area is 186 Å².